The predicted molar refractivity (Wildman–Crippen MR) is 97.7 cm³/mol. The third-order valence-corrected chi connectivity index (χ3v) is 4.61. The van der Waals surface area contributed by atoms with Crippen LogP contribution in [0, 0.1) is 0 Å². The molecule has 1 N–H and O–H groups in total. The van der Waals surface area contributed by atoms with E-state index in [0.29, 0.717) is 6.54 Å². The molecule has 2 heterocycles. The maximum atomic E-state index is 12.5. The van der Waals surface area contributed by atoms with Gasteiger partial charge in [-0.05, 0) is 38.0 Å². The highest BCUT2D eigenvalue weighted by Gasteiger charge is 2.30. The number of benzene rings is 1. The number of rotatable bonds is 5. The third-order valence-electron chi connectivity index (χ3n) is 4.61. The standard InChI is InChI=1S/C20H27N3O2/c1-13(2)18-21-8-9-23(18)14(3)19(24)22-12-15-6-7-17-16(10-15)11-20(4,5)25-17/h6-10,13-14H,11-12H2,1-5H3,(H,22,24)/t14-/m0/s1. The van der Waals surface area contributed by atoms with Crippen molar-refractivity contribution in [2.45, 2.75) is 65.1 Å². The van der Waals surface area contributed by atoms with E-state index in [4.69, 9.17) is 4.74 Å². The van der Waals surface area contributed by atoms with Crippen LogP contribution >= 0.6 is 0 Å². The molecule has 5 nitrogen and oxygen atoms in total. The maximum Gasteiger partial charge on any atom is 0.243 e. The van der Waals surface area contributed by atoms with E-state index < -0.39 is 0 Å². The van der Waals surface area contributed by atoms with E-state index in [0.717, 1.165) is 23.6 Å². The van der Waals surface area contributed by atoms with Crippen LogP contribution in [0.2, 0.25) is 0 Å². The smallest absolute Gasteiger partial charge is 0.243 e. The molecule has 3 rings (SSSR count). The molecule has 0 spiro atoms. The van der Waals surface area contributed by atoms with Gasteiger partial charge >= 0.3 is 0 Å². The molecular formula is C20H27N3O2. The van der Waals surface area contributed by atoms with Crippen molar-refractivity contribution in [3.05, 3.63) is 47.5 Å². The predicted octanol–water partition coefficient (Wildman–Crippen LogP) is 3.60. The summed E-state index contributed by atoms with van der Waals surface area (Å²) in [6.07, 6.45) is 4.52. The number of fused-ring (bicyclic) bond motifs is 1. The number of carbonyl (C=O) groups excluding carboxylic acids is 1. The molecule has 1 aromatic heterocycles. The number of nitrogens with one attached hydrogen (secondary N) is 1. The Balaban J connectivity index is 1.64. The van der Waals surface area contributed by atoms with Crippen molar-refractivity contribution in [1.29, 1.82) is 0 Å². The van der Waals surface area contributed by atoms with Gasteiger partial charge in [-0.15, -0.1) is 0 Å². The SMILES string of the molecule is CC(C)c1nccn1[C@@H](C)C(=O)NCc1ccc2c(c1)CC(C)(C)O2. The fourth-order valence-corrected chi connectivity index (χ4v) is 3.34. The van der Waals surface area contributed by atoms with Crippen molar-refractivity contribution in [2.75, 3.05) is 0 Å². The maximum absolute atomic E-state index is 12.5. The van der Waals surface area contributed by atoms with Crippen molar-refractivity contribution < 1.29 is 9.53 Å². The van der Waals surface area contributed by atoms with Gasteiger partial charge in [-0.3, -0.25) is 4.79 Å². The molecule has 1 atom stereocenters. The molecule has 25 heavy (non-hydrogen) atoms. The zero-order valence-electron chi connectivity index (χ0n) is 15.7. The summed E-state index contributed by atoms with van der Waals surface area (Å²) in [6, 6.07) is 5.87. The topological polar surface area (TPSA) is 56.2 Å². The van der Waals surface area contributed by atoms with Crippen LogP contribution in [0.1, 0.15) is 63.5 Å². The minimum absolute atomic E-state index is 0.00280. The van der Waals surface area contributed by atoms with E-state index in [9.17, 15) is 4.79 Å². The van der Waals surface area contributed by atoms with E-state index in [2.05, 4.69) is 44.1 Å². The first kappa shape index (κ1) is 17.5. The van der Waals surface area contributed by atoms with Crippen molar-refractivity contribution >= 4 is 5.91 Å². The van der Waals surface area contributed by atoms with Crippen LogP contribution in [-0.4, -0.2) is 21.1 Å². The number of carbonyl (C=O) groups is 1. The first-order chi connectivity index (χ1) is 11.8. The lowest BCUT2D eigenvalue weighted by Crippen LogP contribution is -2.31. The Morgan fingerprint density at radius 2 is 2.12 bits per heavy atom. The normalized spacial score (nSPS) is 16.4. The molecule has 0 unspecified atom stereocenters. The summed E-state index contributed by atoms with van der Waals surface area (Å²) in [6.45, 7) is 10.8. The first-order valence-corrected chi connectivity index (χ1v) is 8.88. The number of ether oxygens (including phenoxy) is 1. The highest BCUT2D eigenvalue weighted by Crippen LogP contribution is 2.35. The summed E-state index contributed by atoms with van der Waals surface area (Å²) < 4.78 is 7.84. The van der Waals surface area contributed by atoms with Gasteiger partial charge in [0.2, 0.25) is 5.91 Å². The molecule has 134 valence electrons. The summed E-state index contributed by atoms with van der Waals surface area (Å²) in [4.78, 5) is 16.9. The molecule has 1 aliphatic rings. The molecule has 0 bridgehead atoms. The average Bonchev–Trinajstić information content (AvgIpc) is 3.13. The van der Waals surface area contributed by atoms with Crippen LogP contribution < -0.4 is 10.1 Å². The van der Waals surface area contributed by atoms with Crippen molar-refractivity contribution in [3.63, 3.8) is 0 Å². The zero-order valence-corrected chi connectivity index (χ0v) is 15.7. The monoisotopic (exact) mass is 341 g/mol. The van der Waals surface area contributed by atoms with Gasteiger partial charge in [0.1, 0.15) is 23.2 Å². The quantitative estimate of drug-likeness (QED) is 0.904. The highest BCUT2D eigenvalue weighted by molar-refractivity contribution is 5.80. The van der Waals surface area contributed by atoms with Crippen LogP contribution in [0.15, 0.2) is 30.6 Å². The third kappa shape index (κ3) is 3.70. The number of hydrogen-bond acceptors (Lipinski definition) is 3. The molecule has 0 fully saturated rings. The molecule has 1 aromatic carbocycles. The van der Waals surface area contributed by atoms with Crippen LogP contribution in [0.4, 0.5) is 0 Å². The summed E-state index contributed by atoms with van der Waals surface area (Å²) in [5.41, 5.74) is 2.16. The molecule has 5 heteroatoms. The lowest BCUT2D eigenvalue weighted by molar-refractivity contribution is -0.124. The fourth-order valence-electron chi connectivity index (χ4n) is 3.34. The summed E-state index contributed by atoms with van der Waals surface area (Å²) in [5.74, 6) is 2.16. The van der Waals surface area contributed by atoms with Crippen molar-refractivity contribution in [3.8, 4) is 5.75 Å². The Kier molecular flexibility index (Phi) is 4.58. The van der Waals surface area contributed by atoms with Gasteiger partial charge in [-0.25, -0.2) is 4.98 Å². The Labute approximate surface area is 149 Å². The average molecular weight is 341 g/mol. The molecule has 0 saturated carbocycles. The van der Waals surface area contributed by atoms with E-state index in [-0.39, 0.29) is 23.5 Å². The lowest BCUT2D eigenvalue weighted by Gasteiger charge is -2.18. The van der Waals surface area contributed by atoms with Gasteiger partial charge in [0.25, 0.3) is 0 Å². The second-order valence-electron chi connectivity index (χ2n) is 7.72. The van der Waals surface area contributed by atoms with E-state index in [1.807, 2.05) is 29.8 Å². The Morgan fingerprint density at radius 3 is 2.84 bits per heavy atom. The largest absolute Gasteiger partial charge is 0.487 e. The molecular weight excluding hydrogens is 314 g/mol. The van der Waals surface area contributed by atoms with Crippen LogP contribution in [0.5, 0.6) is 5.75 Å². The Bertz CT molecular complexity index is 777. The van der Waals surface area contributed by atoms with Crippen LogP contribution in [0.25, 0.3) is 0 Å². The molecule has 1 aliphatic heterocycles. The number of aromatic nitrogens is 2. The van der Waals surface area contributed by atoms with E-state index in [1.165, 1.54) is 5.56 Å². The number of hydrogen-bond donors (Lipinski definition) is 1. The van der Waals surface area contributed by atoms with Crippen molar-refractivity contribution in [1.82, 2.24) is 14.9 Å². The lowest BCUT2D eigenvalue weighted by atomic mass is 10.0. The fraction of sp³-hybridized carbons (Fsp3) is 0.500. The molecule has 0 radical (unpaired) electrons. The zero-order chi connectivity index (χ0) is 18.2. The van der Waals surface area contributed by atoms with Crippen molar-refractivity contribution in [2.24, 2.45) is 0 Å². The molecule has 0 aliphatic carbocycles. The molecule has 1 amide bonds. The van der Waals surface area contributed by atoms with Gasteiger partial charge < -0.3 is 14.6 Å². The van der Waals surface area contributed by atoms with Gasteiger partial charge in [-0.1, -0.05) is 26.0 Å². The van der Waals surface area contributed by atoms with E-state index in [1.54, 1.807) is 6.20 Å². The van der Waals surface area contributed by atoms with Gasteiger partial charge in [0.15, 0.2) is 0 Å². The first-order valence-electron chi connectivity index (χ1n) is 8.88. The number of amides is 1. The van der Waals surface area contributed by atoms with Crippen LogP contribution in [0.3, 0.4) is 0 Å². The van der Waals surface area contributed by atoms with Gasteiger partial charge in [0, 0.05) is 31.3 Å². The second-order valence-corrected chi connectivity index (χ2v) is 7.72. The second kappa shape index (κ2) is 6.54. The highest BCUT2D eigenvalue weighted by atomic mass is 16.5. The Morgan fingerprint density at radius 1 is 1.36 bits per heavy atom. The minimum atomic E-state index is -0.281. The number of nitrogens with zero attached hydrogens (tertiary/aromatic N) is 2. The summed E-state index contributed by atoms with van der Waals surface area (Å²) in [5, 5.41) is 3.04. The molecule has 0 saturated heterocycles. The Hall–Kier alpha value is -2.30. The minimum Gasteiger partial charge on any atom is -0.487 e. The van der Waals surface area contributed by atoms with Gasteiger partial charge in [-0.2, -0.15) is 0 Å². The summed E-state index contributed by atoms with van der Waals surface area (Å²) in [7, 11) is 0. The van der Waals surface area contributed by atoms with E-state index >= 15 is 0 Å². The summed E-state index contributed by atoms with van der Waals surface area (Å²) >= 11 is 0. The van der Waals surface area contributed by atoms with Crippen LogP contribution in [-0.2, 0) is 17.8 Å². The van der Waals surface area contributed by atoms with Gasteiger partial charge in [0.05, 0.1) is 0 Å². The molecule has 2 aromatic rings. The number of imidazole rings is 1.